The third-order valence-corrected chi connectivity index (χ3v) is 3.11. The van der Waals surface area contributed by atoms with Crippen LogP contribution in [0.15, 0.2) is 4.42 Å². The van der Waals surface area contributed by atoms with Crippen molar-refractivity contribution in [1.29, 1.82) is 0 Å². The summed E-state index contributed by atoms with van der Waals surface area (Å²) in [6.45, 7) is 10.5. The van der Waals surface area contributed by atoms with Crippen molar-refractivity contribution >= 4 is 6.01 Å². The third kappa shape index (κ3) is 4.29. The van der Waals surface area contributed by atoms with E-state index in [1.165, 1.54) is 0 Å². The second kappa shape index (κ2) is 7.36. The minimum atomic E-state index is 0.114. The molecule has 0 saturated heterocycles. The quantitative estimate of drug-likeness (QED) is 0.773. The van der Waals surface area contributed by atoms with Gasteiger partial charge in [-0.2, -0.15) is 0 Å². The number of hydrogen-bond acceptors (Lipinski definition) is 5. The van der Waals surface area contributed by atoms with Crippen LogP contribution >= 0.6 is 0 Å². The molecule has 0 bridgehead atoms. The van der Waals surface area contributed by atoms with Crippen LogP contribution in [0.3, 0.4) is 0 Å². The second-order valence-corrected chi connectivity index (χ2v) is 4.99. The Morgan fingerprint density at radius 1 is 1.28 bits per heavy atom. The molecule has 18 heavy (non-hydrogen) atoms. The fourth-order valence-corrected chi connectivity index (χ4v) is 1.68. The molecule has 5 nitrogen and oxygen atoms in total. The normalized spacial score (nSPS) is 14.5. The summed E-state index contributed by atoms with van der Waals surface area (Å²) in [7, 11) is 1.99. The average molecular weight is 254 g/mol. The van der Waals surface area contributed by atoms with Gasteiger partial charge in [-0.25, -0.2) is 0 Å². The highest BCUT2D eigenvalue weighted by molar-refractivity contribution is 5.22. The van der Waals surface area contributed by atoms with E-state index >= 15 is 0 Å². The predicted molar refractivity (Wildman–Crippen MR) is 73.7 cm³/mol. The van der Waals surface area contributed by atoms with Gasteiger partial charge in [0.05, 0.1) is 6.04 Å². The van der Waals surface area contributed by atoms with E-state index in [0.717, 1.165) is 25.9 Å². The molecule has 0 aliphatic carbocycles. The molecule has 1 rings (SSSR count). The highest BCUT2D eigenvalue weighted by atomic mass is 16.4. The Labute approximate surface area is 110 Å². The van der Waals surface area contributed by atoms with Crippen LogP contribution in [0.2, 0.25) is 0 Å². The number of hydrogen-bond donors (Lipinski definition) is 1. The summed E-state index contributed by atoms with van der Waals surface area (Å²) in [5.41, 5.74) is 0. The van der Waals surface area contributed by atoms with Crippen molar-refractivity contribution in [3.05, 3.63) is 5.89 Å². The average Bonchev–Trinajstić information content (AvgIpc) is 2.85. The van der Waals surface area contributed by atoms with Gasteiger partial charge in [-0.15, -0.1) is 5.10 Å². The zero-order chi connectivity index (χ0) is 13.5. The van der Waals surface area contributed by atoms with Gasteiger partial charge in [-0.1, -0.05) is 32.3 Å². The van der Waals surface area contributed by atoms with E-state index in [9.17, 15) is 0 Å². The minimum absolute atomic E-state index is 0.114. The first-order chi connectivity index (χ1) is 8.58. The van der Waals surface area contributed by atoms with Gasteiger partial charge in [0.15, 0.2) is 0 Å². The van der Waals surface area contributed by atoms with Crippen LogP contribution in [0.4, 0.5) is 6.01 Å². The molecular weight excluding hydrogens is 228 g/mol. The third-order valence-electron chi connectivity index (χ3n) is 3.11. The van der Waals surface area contributed by atoms with Crippen LogP contribution < -0.4 is 10.2 Å². The van der Waals surface area contributed by atoms with Gasteiger partial charge in [0.1, 0.15) is 0 Å². The number of anilines is 1. The Balaban J connectivity index is 2.56. The molecule has 0 saturated carbocycles. The van der Waals surface area contributed by atoms with Crippen LogP contribution in [0, 0.1) is 5.92 Å². The van der Waals surface area contributed by atoms with E-state index < -0.39 is 0 Å². The van der Waals surface area contributed by atoms with E-state index in [2.05, 4.69) is 36.3 Å². The summed E-state index contributed by atoms with van der Waals surface area (Å²) >= 11 is 0. The molecule has 1 N–H and O–H groups in total. The van der Waals surface area contributed by atoms with Crippen molar-refractivity contribution in [2.45, 2.75) is 46.6 Å². The summed E-state index contributed by atoms with van der Waals surface area (Å²) in [4.78, 5) is 2.03. The molecule has 1 heterocycles. The first-order valence-corrected chi connectivity index (χ1v) is 6.86. The van der Waals surface area contributed by atoms with E-state index in [0.29, 0.717) is 17.8 Å². The summed E-state index contributed by atoms with van der Waals surface area (Å²) in [6.07, 6.45) is 2.25. The summed E-state index contributed by atoms with van der Waals surface area (Å²) in [5, 5.41) is 11.5. The Morgan fingerprint density at radius 3 is 2.61 bits per heavy atom. The second-order valence-electron chi connectivity index (χ2n) is 4.99. The molecule has 5 heteroatoms. The van der Waals surface area contributed by atoms with Gasteiger partial charge in [0.2, 0.25) is 5.89 Å². The van der Waals surface area contributed by atoms with Gasteiger partial charge in [0, 0.05) is 13.6 Å². The standard InChI is InChI=1S/C13H26N4O/c1-6-8-14-11(4)12-15-16-13(18-12)17(5)9-10(3)7-2/h10-11,14H,6-9H2,1-5H3. The van der Waals surface area contributed by atoms with Crippen LogP contribution in [-0.4, -0.2) is 30.3 Å². The number of nitrogens with zero attached hydrogens (tertiary/aromatic N) is 3. The Morgan fingerprint density at radius 2 is 2.00 bits per heavy atom. The molecule has 2 atom stereocenters. The SMILES string of the molecule is CCCNC(C)c1nnc(N(C)CC(C)CC)o1. The van der Waals surface area contributed by atoms with Gasteiger partial charge in [0.25, 0.3) is 0 Å². The lowest BCUT2D eigenvalue weighted by molar-refractivity contribution is 0.411. The molecule has 0 aliphatic rings. The molecule has 104 valence electrons. The zero-order valence-electron chi connectivity index (χ0n) is 12.2. The molecule has 0 aromatic carbocycles. The van der Waals surface area contributed by atoms with Gasteiger partial charge in [-0.05, 0) is 25.8 Å². The first-order valence-electron chi connectivity index (χ1n) is 6.86. The Bertz CT molecular complexity index is 339. The van der Waals surface area contributed by atoms with Gasteiger partial charge < -0.3 is 14.6 Å². The topological polar surface area (TPSA) is 54.2 Å². The summed E-state index contributed by atoms with van der Waals surface area (Å²) < 4.78 is 5.69. The lowest BCUT2D eigenvalue weighted by Crippen LogP contribution is -2.23. The highest BCUT2D eigenvalue weighted by Gasteiger charge is 2.16. The summed E-state index contributed by atoms with van der Waals surface area (Å²) in [5.74, 6) is 1.29. The minimum Gasteiger partial charge on any atom is -0.406 e. The maximum absolute atomic E-state index is 5.69. The van der Waals surface area contributed by atoms with E-state index in [1.54, 1.807) is 0 Å². The van der Waals surface area contributed by atoms with E-state index in [1.807, 2.05) is 18.9 Å². The van der Waals surface area contributed by atoms with Crippen molar-refractivity contribution < 1.29 is 4.42 Å². The lowest BCUT2D eigenvalue weighted by atomic mass is 10.1. The molecule has 2 unspecified atom stereocenters. The Hall–Kier alpha value is -1.10. The van der Waals surface area contributed by atoms with Crippen LogP contribution in [0.1, 0.15) is 52.5 Å². The highest BCUT2D eigenvalue weighted by Crippen LogP contribution is 2.17. The maximum Gasteiger partial charge on any atom is 0.317 e. The smallest absolute Gasteiger partial charge is 0.317 e. The van der Waals surface area contributed by atoms with Crippen molar-refractivity contribution in [3.8, 4) is 0 Å². The molecule has 1 aromatic rings. The van der Waals surface area contributed by atoms with E-state index in [-0.39, 0.29) is 6.04 Å². The maximum atomic E-state index is 5.69. The van der Waals surface area contributed by atoms with Gasteiger partial charge >= 0.3 is 6.01 Å². The molecule has 0 radical (unpaired) electrons. The van der Waals surface area contributed by atoms with Crippen LogP contribution in [0.5, 0.6) is 0 Å². The molecule has 1 aromatic heterocycles. The van der Waals surface area contributed by atoms with Crippen molar-refractivity contribution in [3.63, 3.8) is 0 Å². The first kappa shape index (κ1) is 15.0. The molecular formula is C13H26N4O. The van der Waals surface area contributed by atoms with Crippen LogP contribution in [-0.2, 0) is 0 Å². The Kier molecular flexibility index (Phi) is 6.12. The van der Waals surface area contributed by atoms with E-state index in [4.69, 9.17) is 4.42 Å². The molecule has 0 amide bonds. The monoisotopic (exact) mass is 254 g/mol. The van der Waals surface area contributed by atoms with Crippen LogP contribution in [0.25, 0.3) is 0 Å². The zero-order valence-corrected chi connectivity index (χ0v) is 12.2. The fourth-order valence-electron chi connectivity index (χ4n) is 1.68. The fraction of sp³-hybridized carbons (Fsp3) is 0.846. The number of rotatable bonds is 8. The van der Waals surface area contributed by atoms with Crippen molar-refractivity contribution in [1.82, 2.24) is 15.5 Å². The van der Waals surface area contributed by atoms with Crippen molar-refractivity contribution in [2.24, 2.45) is 5.92 Å². The largest absolute Gasteiger partial charge is 0.406 e. The predicted octanol–water partition coefficient (Wildman–Crippen LogP) is 2.61. The molecule has 0 fully saturated rings. The number of aromatic nitrogens is 2. The van der Waals surface area contributed by atoms with Crippen molar-refractivity contribution in [2.75, 3.05) is 25.0 Å². The molecule has 0 aliphatic heterocycles. The van der Waals surface area contributed by atoms with Gasteiger partial charge in [-0.3, -0.25) is 0 Å². The molecule has 0 spiro atoms. The number of nitrogens with one attached hydrogen (secondary N) is 1. The summed E-state index contributed by atoms with van der Waals surface area (Å²) in [6, 6.07) is 0.721. The lowest BCUT2D eigenvalue weighted by Gasteiger charge is -2.18.